The van der Waals surface area contributed by atoms with E-state index in [-0.39, 0.29) is 30.3 Å². The number of nitrogen functional groups attached to an aromatic ring is 1. The Balaban J connectivity index is 1.67. The molecular formula is C19H18F9N5. The fourth-order valence-corrected chi connectivity index (χ4v) is 4.83. The maximum Gasteiger partial charge on any atom is 0.419 e. The third-order valence-corrected chi connectivity index (χ3v) is 6.20. The van der Waals surface area contributed by atoms with Crippen LogP contribution in [0.1, 0.15) is 24.4 Å². The number of hydrogen-bond acceptors (Lipinski definition) is 4. The van der Waals surface area contributed by atoms with Crippen LogP contribution in [0.5, 0.6) is 0 Å². The van der Waals surface area contributed by atoms with Gasteiger partial charge in [0.05, 0.1) is 17.8 Å². The van der Waals surface area contributed by atoms with Crippen molar-refractivity contribution >= 4 is 5.82 Å². The first-order valence-electron chi connectivity index (χ1n) is 9.75. The zero-order valence-electron chi connectivity index (χ0n) is 17.0. The zero-order valence-corrected chi connectivity index (χ0v) is 17.0. The Morgan fingerprint density at radius 1 is 1.09 bits per heavy atom. The summed E-state index contributed by atoms with van der Waals surface area (Å²) in [6.45, 7) is 0.639. The highest BCUT2D eigenvalue weighted by atomic mass is 19.4. The summed E-state index contributed by atoms with van der Waals surface area (Å²) in [5.41, 5.74) is 2.99. The SMILES string of the molecule is CC12CN(CC(F)(F)F)C[C@H]1[C@@H]2n1cc(-c2cnc(N)c(C(F)(F)F)c2)nc1CC(F)(F)F. The lowest BCUT2D eigenvalue weighted by molar-refractivity contribution is -0.145. The van der Waals surface area contributed by atoms with Gasteiger partial charge in [0.2, 0.25) is 0 Å². The van der Waals surface area contributed by atoms with Crippen molar-refractivity contribution in [2.75, 3.05) is 25.4 Å². The standard InChI is InChI=1S/C19H18F9N5/c1-16-7-32(8-18(23,24)25)5-11(16)14(16)33-6-12(31-13(33)3-17(20,21)22)9-2-10(19(26,27)28)15(29)30-4-9/h2,4,6,11,14H,3,5,7-8H2,1H3,(H2,29,30)/t11-,14-,16?/m0/s1. The molecule has 1 saturated carbocycles. The minimum absolute atomic E-state index is 0.0302. The smallest absolute Gasteiger partial charge is 0.383 e. The molecule has 33 heavy (non-hydrogen) atoms. The van der Waals surface area contributed by atoms with Gasteiger partial charge < -0.3 is 10.3 Å². The highest BCUT2D eigenvalue weighted by Crippen LogP contribution is 2.66. The number of hydrogen-bond donors (Lipinski definition) is 1. The number of imidazole rings is 1. The summed E-state index contributed by atoms with van der Waals surface area (Å²) in [5.74, 6) is -1.55. The Bertz CT molecular complexity index is 1060. The molecule has 3 heterocycles. The Hall–Kier alpha value is -2.51. The minimum Gasteiger partial charge on any atom is -0.383 e. The summed E-state index contributed by atoms with van der Waals surface area (Å²) in [5, 5.41) is 0. The molecule has 182 valence electrons. The number of pyridine rings is 1. The van der Waals surface area contributed by atoms with E-state index in [0.717, 1.165) is 6.20 Å². The molecule has 0 aromatic carbocycles. The van der Waals surface area contributed by atoms with Gasteiger partial charge in [-0.25, -0.2) is 9.97 Å². The third kappa shape index (κ3) is 4.62. The highest BCUT2D eigenvalue weighted by Gasteiger charge is 2.67. The Morgan fingerprint density at radius 2 is 1.76 bits per heavy atom. The molecule has 5 nitrogen and oxygen atoms in total. The molecule has 2 aromatic rings. The second kappa shape index (κ2) is 7.24. The number of likely N-dealkylation sites (tertiary alicyclic amines) is 1. The third-order valence-electron chi connectivity index (χ3n) is 6.20. The van der Waals surface area contributed by atoms with Crippen molar-refractivity contribution in [2.24, 2.45) is 11.3 Å². The molecule has 0 amide bonds. The fraction of sp³-hybridized carbons (Fsp3) is 0.579. The normalized spacial score (nSPS) is 26.0. The van der Waals surface area contributed by atoms with Crippen molar-refractivity contribution in [3.8, 4) is 11.3 Å². The van der Waals surface area contributed by atoms with E-state index in [4.69, 9.17) is 5.73 Å². The number of rotatable bonds is 4. The van der Waals surface area contributed by atoms with E-state index in [1.54, 1.807) is 6.92 Å². The van der Waals surface area contributed by atoms with Gasteiger partial charge in [0.1, 0.15) is 18.1 Å². The van der Waals surface area contributed by atoms with Crippen molar-refractivity contribution in [2.45, 2.75) is 37.9 Å². The average Bonchev–Trinajstić information content (AvgIpc) is 2.89. The topological polar surface area (TPSA) is 60.0 Å². The molecule has 1 saturated heterocycles. The van der Waals surface area contributed by atoms with Crippen LogP contribution >= 0.6 is 0 Å². The van der Waals surface area contributed by atoms with Crippen LogP contribution in [0.4, 0.5) is 45.3 Å². The summed E-state index contributed by atoms with van der Waals surface area (Å²) >= 11 is 0. The summed E-state index contributed by atoms with van der Waals surface area (Å²) in [6, 6.07) is 0.108. The van der Waals surface area contributed by atoms with Gasteiger partial charge in [-0.05, 0) is 6.07 Å². The number of aromatic nitrogens is 3. The molecule has 2 aliphatic rings. The first kappa shape index (κ1) is 23.6. The first-order chi connectivity index (χ1) is 15.0. The lowest BCUT2D eigenvalue weighted by atomic mass is 10.1. The van der Waals surface area contributed by atoms with Gasteiger partial charge >= 0.3 is 18.5 Å². The second-order valence-corrected chi connectivity index (χ2v) is 8.74. The van der Waals surface area contributed by atoms with Crippen LogP contribution in [0.2, 0.25) is 0 Å². The van der Waals surface area contributed by atoms with E-state index in [1.807, 2.05) is 0 Å². The largest absolute Gasteiger partial charge is 0.419 e. The summed E-state index contributed by atoms with van der Waals surface area (Å²) in [7, 11) is 0. The Labute approximate surface area is 181 Å². The van der Waals surface area contributed by atoms with Gasteiger partial charge in [0, 0.05) is 48.4 Å². The number of piperidine rings is 1. The van der Waals surface area contributed by atoms with E-state index in [0.29, 0.717) is 6.07 Å². The van der Waals surface area contributed by atoms with E-state index in [9.17, 15) is 39.5 Å². The van der Waals surface area contributed by atoms with Crippen molar-refractivity contribution in [1.82, 2.24) is 19.4 Å². The molecule has 2 fully saturated rings. The Kier molecular flexibility index (Phi) is 5.19. The maximum absolute atomic E-state index is 13.2. The van der Waals surface area contributed by atoms with E-state index in [2.05, 4.69) is 9.97 Å². The summed E-state index contributed by atoms with van der Waals surface area (Å²) in [4.78, 5) is 8.60. The lowest BCUT2D eigenvalue weighted by Gasteiger charge is -2.24. The molecule has 1 aliphatic heterocycles. The summed E-state index contributed by atoms with van der Waals surface area (Å²) in [6.07, 6.45) is -13.1. The number of anilines is 1. The van der Waals surface area contributed by atoms with Crippen molar-refractivity contribution in [1.29, 1.82) is 0 Å². The van der Waals surface area contributed by atoms with Gasteiger partial charge in [0.15, 0.2) is 0 Å². The van der Waals surface area contributed by atoms with Crippen molar-refractivity contribution < 1.29 is 39.5 Å². The predicted octanol–water partition coefficient (Wildman–Crippen LogP) is 4.71. The molecule has 0 bridgehead atoms. The van der Waals surface area contributed by atoms with Crippen molar-refractivity contribution in [3.63, 3.8) is 0 Å². The van der Waals surface area contributed by atoms with Gasteiger partial charge in [-0.3, -0.25) is 4.90 Å². The molecule has 14 heteroatoms. The number of halogens is 9. The Morgan fingerprint density at radius 3 is 2.27 bits per heavy atom. The van der Waals surface area contributed by atoms with Crippen LogP contribution in [-0.4, -0.2) is 51.4 Å². The summed E-state index contributed by atoms with van der Waals surface area (Å²) < 4.78 is 118. The quantitative estimate of drug-likeness (QED) is 0.635. The average molecular weight is 487 g/mol. The van der Waals surface area contributed by atoms with Crippen molar-refractivity contribution in [3.05, 3.63) is 29.8 Å². The molecule has 2 aromatic heterocycles. The van der Waals surface area contributed by atoms with E-state index >= 15 is 0 Å². The van der Waals surface area contributed by atoms with E-state index in [1.165, 1.54) is 15.7 Å². The van der Waals surface area contributed by atoms with Gasteiger partial charge in [0.25, 0.3) is 0 Å². The highest BCUT2D eigenvalue weighted by molar-refractivity contribution is 5.62. The monoisotopic (exact) mass is 487 g/mol. The van der Waals surface area contributed by atoms with Crippen LogP contribution in [0.3, 0.4) is 0 Å². The number of nitrogens with zero attached hydrogens (tertiary/aromatic N) is 4. The first-order valence-corrected chi connectivity index (χ1v) is 9.75. The second-order valence-electron chi connectivity index (χ2n) is 8.74. The lowest BCUT2D eigenvalue weighted by Crippen LogP contribution is -2.36. The van der Waals surface area contributed by atoms with E-state index < -0.39 is 60.2 Å². The van der Waals surface area contributed by atoms with Gasteiger partial charge in [-0.2, -0.15) is 39.5 Å². The minimum atomic E-state index is -4.83. The van der Waals surface area contributed by atoms with Gasteiger partial charge in [-0.15, -0.1) is 0 Å². The molecule has 4 rings (SSSR count). The number of alkyl halides is 9. The molecular weight excluding hydrogens is 469 g/mol. The molecule has 0 radical (unpaired) electrons. The number of nitrogens with two attached hydrogens (primary N) is 1. The molecule has 2 N–H and O–H groups in total. The zero-order chi connectivity index (χ0) is 24.6. The fourth-order valence-electron chi connectivity index (χ4n) is 4.83. The molecule has 0 spiro atoms. The molecule has 1 unspecified atom stereocenters. The van der Waals surface area contributed by atoms with Crippen LogP contribution in [0.25, 0.3) is 11.3 Å². The van der Waals surface area contributed by atoms with Gasteiger partial charge in [-0.1, -0.05) is 6.92 Å². The molecule has 1 aliphatic carbocycles. The van der Waals surface area contributed by atoms with Crippen LogP contribution in [0.15, 0.2) is 18.5 Å². The van der Waals surface area contributed by atoms with Crippen LogP contribution in [0, 0.1) is 11.3 Å². The van der Waals surface area contributed by atoms with Crippen LogP contribution < -0.4 is 5.73 Å². The number of fused-ring (bicyclic) bond motifs is 1. The maximum atomic E-state index is 13.2. The predicted molar refractivity (Wildman–Crippen MR) is 97.8 cm³/mol. The van der Waals surface area contributed by atoms with Crippen LogP contribution in [-0.2, 0) is 12.6 Å². The molecule has 3 atom stereocenters.